The molecule has 1 heterocycles. The van der Waals surface area contributed by atoms with Gasteiger partial charge in [-0.1, -0.05) is 12.1 Å². The van der Waals surface area contributed by atoms with Gasteiger partial charge in [-0.15, -0.1) is 0 Å². The lowest BCUT2D eigenvalue weighted by Gasteiger charge is -2.20. The fourth-order valence-corrected chi connectivity index (χ4v) is 2.05. The molecule has 1 aromatic heterocycles. The summed E-state index contributed by atoms with van der Waals surface area (Å²) in [7, 11) is 0. The lowest BCUT2D eigenvalue weighted by atomic mass is 10.1. The molecule has 4 heteroatoms. The van der Waals surface area contributed by atoms with E-state index >= 15 is 0 Å². The largest absolute Gasteiger partial charge is 0.338 e. The summed E-state index contributed by atoms with van der Waals surface area (Å²) in [4.78, 5) is 18.4. The Kier molecular flexibility index (Phi) is 4.09. The molecule has 0 atom stereocenters. The van der Waals surface area contributed by atoms with Gasteiger partial charge in [-0.25, -0.2) is 0 Å². The number of rotatable bonds is 4. The molecular formula is C15H15N3O. The summed E-state index contributed by atoms with van der Waals surface area (Å²) in [5, 5.41) is 9.49. The molecule has 0 radical (unpaired) electrons. The molecule has 2 rings (SSSR count). The molecule has 0 spiro atoms. The highest BCUT2D eigenvalue weighted by molar-refractivity contribution is 6.06. The lowest BCUT2D eigenvalue weighted by Crippen LogP contribution is -2.31. The summed E-state index contributed by atoms with van der Waals surface area (Å²) < 4.78 is 0. The monoisotopic (exact) mass is 253 g/mol. The van der Waals surface area contributed by atoms with Gasteiger partial charge in [0, 0.05) is 30.2 Å². The number of nitrogens with zero attached hydrogens (tertiary/aromatic N) is 3. The number of carbonyl (C=O) groups excluding carboxylic acids is 1. The predicted octanol–water partition coefficient (Wildman–Crippen LogP) is 2.61. The van der Waals surface area contributed by atoms with Gasteiger partial charge in [-0.05, 0) is 25.1 Å². The van der Waals surface area contributed by atoms with Crippen molar-refractivity contribution in [2.75, 3.05) is 13.1 Å². The summed E-state index contributed by atoms with van der Waals surface area (Å²) >= 11 is 0. The molecule has 0 bridgehead atoms. The van der Waals surface area contributed by atoms with Crippen molar-refractivity contribution in [2.24, 2.45) is 0 Å². The normalized spacial score (nSPS) is 10.1. The van der Waals surface area contributed by atoms with Gasteiger partial charge in [0.05, 0.1) is 18.0 Å². The van der Waals surface area contributed by atoms with Crippen molar-refractivity contribution >= 4 is 16.8 Å². The van der Waals surface area contributed by atoms with E-state index in [1.807, 2.05) is 31.2 Å². The Morgan fingerprint density at radius 1 is 1.37 bits per heavy atom. The molecule has 4 nitrogen and oxygen atoms in total. The molecular weight excluding hydrogens is 238 g/mol. The van der Waals surface area contributed by atoms with E-state index in [9.17, 15) is 4.79 Å². The number of hydrogen-bond donors (Lipinski definition) is 0. The van der Waals surface area contributed by atoms with E-state index in [0.29, 0.717) is 25.1 Å². The Bertz CT molecular complexity index is 625. The van der Waals surface area contributed by atoms with Gasteiger partial charge in [0.1, 0.15) is 0 Å². The number of nitriles is 1. The van der Waals surface area contributed by atoms with E-state index < -0.39 is 0 Å². The van der Waals surface area contributed by atoms with Gasteiger partial charge in [-0.2, -0.15) is 5.26 Å². The van der Waals surface area contributed by atoms with Crippen LogP contribution in [0.3, 0.4) is 0 Å². The zero-order valence-corrected chi connectivity index (χ0v) is 10.8. The number of pyridine rings is 1. The van der Waals surface area contributed by atoms with E-state index in [1.54, 1.807) is 17.2 Å². The molecule has 1 aromatic carbocycles. The Morgan fingerprint density at radius 2 is 2.21 bits per heavy atom. The molecule has 0 unspecified atom stereocenters. The molecule has 2 aromatic rings. The van der Waals surface area contributed by atoms with Crippen molar-refractivity contribution in [2.45, 2.75) is 13.3 Å². The van der Waals surface area contributed by atoms with E-state index in [-0.39, 0.29) is 5.91 Å². The van der Waals surface area contributed by atoms with Crippen LogP contribution < -0.4 is 0 Å². The molecule has 0 saturated carbocycles. The number of fused-ring (bicyclic) bond motifs is 1. The second kappa shape index (κ2) is 5.96. The van der Waals surface area contributed by atoms with Crippen molar-refractivity contribution < 1.29 is 4.79 Å². The van der Waals surface area contributed by atoms with E-state index in [0.717, 1.165) is 10.9 Å². The second-order valence-electron chi connectivity index (χ2n) is 4.17. The number of aromatic nitrogens is 1. The summed E-state index contributed by atoms with van der Waals surface area (Å²) in [6, 6.07) is 11.3. The van der Waals surface area contributed by atoms with Crippen molar-refractivity contribution in [3.63, 3.8) is 0 Å². The molecule has 0 aliphatic carbocycles. The minimum atomic E-state index is -0.0450. The molecule has 0 fully saturated rings. The zero-order chi connectivity index (χ0) is 13.7. The van der Waals surface area contributed by atoms with Crippen LogP contribution in [0.5, 0.6) is 0 Å². The highest BCUT2D eigenvalue weighted by Gasteiger charge is 2.16. The van der Waals surface area contributed by atoms with Gasteiger partial charge < -0.3 is 4.90 Å². The Hall–Kier alpha value is -2.41. The van der Waals surface area contributed by atoms with Crippen LogP contribution in [0.1, 0.15) is 23.7 Å². The SMILES string of the molecule is CCN(CCC#N)C(=O)c1cccc2ncccc12. The molecule has 96 valence electrons. The third-order valence-electron chi connectivity index (χ3n) is 3.04. The van der Waals surface area contributed by atoms with E-state index in [4.69, 9.17) is 5.26 Å². The van der Waals surface area contributed by atoms with Crippen molar-refractivity contribution in [3.05, 3.63) is 42.1 Å². The van der Waals surface area contributed by atoms with Crippen LogP contribution in [0.25, 0.3) is 10.9 Å². The minimum absolute atomic E-state index is 0.0450. The van der Waals surface area contributed by atoms with Crippen LogP contribution in [0.15, 0.2) is 36.5 Å². The highest BCUT2D eigenvalue weighted by Crippen LogP contribution is 2.18. The Labute approximate surface area is 112 Å². The molecule has 1 amide bonds. The molecule has 0 aliphatic rings. The first-order valence-electron chi connectivity index (χ1n) is 6.28. The van der Waals surface area contributed by atoms with Gasteiger partial charge in [-0.3, -0.25) is 9.78 Å². The molecule has 0 N–H and O–H groups in total. The molecule has 0 aliphatic heterocycles. The van der Waals surface area contributed by atoms with Gasteiger partial charge >= 0.3 is 0 Å². The summed E-state index contributed by atoms with van der Waals surface area (Å²) in [5.74, 6) is -0.0450. The average molecular weight is 253 g/mol. The number of amides is 1. The molecule has 0 saturated heterocycles. The quantitative estimate of drug-likeness (QED) is 0.841. The van der Waals surface area contributed by atoms with Gasteiger partial charge in [0.15, 0.2) is 0 Å². The lowest BCUT2D eigenvalue weighted by molar-refractivity contribution is 0.0770. The maximum Gasteiger partial charge on any atom is 0.254 e. The van der Waals surface area contributed by atoms with Crippen LogP contribution in [0.2, 0.25) is 0 Å². The summed E-state index contributed by atoms with van der Waals surface area (Å²) in [6.45, 7) is 2.97. The van der Waals surface area contributed by atoms with Gasteiger partial charge in [0.2, 0.25) is 0 Å². The van der Waals surface area contributed by atoms with E-state index in [2.05, 4.69) is 11.1 Å². The van der Waals surface area contributed by atoms with Crippen molar-refractivity contribution in [1.29, 1.82) is 5.26 Å². The van der Waals surface area contributed by atoms with Crippen LogP contribution in [0.4, 0.5) is 0 Å². The standard InChI is InChI=1S/C15H15N3O/c1-2-18(11-5-9-16)15(19)13-6-3-8-14-12(13)7-4-10-17-14/h3-4,6-8,10H,2,5,11H2,1H3. The average Bonchev–Trinajstić information content (AvgIpc) is 2.47. The van der Waals surface area contributed by atoms with E-state index in [1.165, 1.54) is 0 Å². The Balaban J connectivity index is 2.38. The summed E-state index contributed by atoms with van der Waals surface area (Å²) in [6.07, 6.45) is 2.06. The third-order valence-corrected chi connectivity index (χ3v) is 3.04. The smallest absolute Gasteiger partial charge is 0.254 e. The maximum atomic E-state index is 12.5. The fourth-order valence-electron chi connectivity index (χ4n) is 2.05. The van der Waals surface area contributed by atoms with Crippen LogP contribution in [0, 0.1) is 11.3 Å². The number of carbonyl (C=O) groups is 1. The second-order valence-corrected chi connectivity index (χ2v) is 4.17. The topological polar surface area (TPSA) is 57.0 Å². The highest BCUT2D eigenvalue weighted by atomic mass is 16.2. The first kappa shape index (κ1) is 13.0. The zero-order valence-electron chi connectivity index (χ0n) is 10.8. The third kappa shape index (κ3) is 2.71. The Morgan fingerprint density at radius 3 is 2.95 bits per heavy atom. The van der Waals surface area contributed by atoms with Crippen LogP contribution in [-0.2, 0) is 0 Å². The minimum Gasteiger partial charge on any atom is -0.338 e. The maximum absolute atomic E-state index is 12.5. The number of benzene rings is 1. The summed E-state index contributed by atoms with van der Waals surface area (Å²) in [5.41, 5.74) is 1.45. The first-order chi connectivity index (χ1) is 9.27. The van der Waals surface area contributed by atoms with Crippen molar-refractivity contribution in [1.82, 2.24) is 9.88 Å². The van der Waals surface area contributed by atoms with Crippen molar-refractivity contribution in [3.8, 4) is 6.07 Å². The van der Waals surface area contributed by atoms with Gasteiger partial charge in [0.25, 0.3) is 5.91 Å². The molecule has 19 heavy (non-hydrogen) atoms. The first-order valence-corrected chi connectivity index (χ1v) is 6.28. The van der Waals surface area contributed by atoms with Crippen LogP contribution >= 0.6 is 0 Å². The predicted molar refractivity (Wildman–Crippen MR) is 73.6 cm³/mol. The van der Waals surface area contributed by atoms with Crippen LogP contribution in [-0.4, -0.2) is 28.9 Å². The fraction of sp³-hybridized carbons (Fsp3) is 0.267. The number of hydrogen-bond acceptors (Lipinski definition) is 3.